The number of nitrogens with zero attached hydrogens (tertiary/aromatic N) is 2. The van der Waals surface area contributed by atoms with Crippen LogP contribution in [-0.4, -0.2) is 55.9 Å². The van der Waals surface area contributed by atoms with Crippen LogP contribution >= 0.6 is 0 Å². The minimum Gasteiger partial charge on any atom is -0.306 e. The molecule has 2 atom stereocenters. The Morgan fingerprint density at radius 3 is 2.43 bits per heavy atom. The lowest BCUT2D eigenvalue weighted by Gasteiger charge is -2.43. The maximum Gasteiger partial charge on any atom is 0.241 e. The maximum absolute atomic E-state index is 12.7. The standard InChI is InChI=1S/C17H24N2O3S/c1-13(2)8-9-18-10-17(20)19(14-6-4-3-5-7-14)16-12-23(21,22)11-15(16)18/h3-7,13,15-16H,8-12H2,1-2H3. The zero-order valence-electron chi connectivity index (χ0n) is 13.7. The molecule has 23 heavy (non-hydrogen) atoms. The van der Waals surface area contributed by atoms with Crippen molar-refractivity contribution in [3.05, 3.63) is 30.3 Å². The van der Waals surface area contributed by atoms with Gasteiger partial charge in [-0.1, -0.05) is 32.0 Å². The monoisotopic (exact) mass is 336 g/mol. The summed E-state index contributed by atoms with van der Waals surface area (Å²) in [5.41, 5.74) is 0.799. The molecule has 1 aromatic carbocycles. The second-order valence-electron chi connectivity index (χ2n) is 6.96. The van der Waals surface area contributed by atoms with Crippen molar-refractivity contribution in [1.82, 2.24) is 4.90 Å². The summed E-state index contributed by atoms with van der Waals surface area (Å²) in [7, 11) is -3.10. The molecule has 0 aromatic heterocycles. The van der Waals surface area contributed by atoms with Crippen molar-refractivity contribution in [3.63, 3.8) is 0 Å². The average Bonchev–Trinajstić information content (AvgIpc) is 2.80. The van der Waals surface area contributed by atoms with Crippen molar-refractivity contribution in [2.45, 2.75) is 32.4 Å². The minimum atomic E-state index is -3.10. The van der Waals surface area contributed by atoms with E-state index in [0.717, 1.165) is 18.7 Å². The smallest absolute Gasteiger partial charge is 0.241 e. The number of sulfone groups is 1. The zero-order valence-corrected chi connectivity index (χ0v) is 14.5. The van der Waals surface area contributed by atoms with E-state index in [2.05, 4.69) is 18.7 Å². The average molecular weight is 336 g/mol. The molecule has 0 saturated carbocycles. The first kappa shape index (κ1) is 16.5. The number of hydrogen-bond acceptors (Lipinski definition) is 4. The van der Waals surface area contributed by atoms with E-state index in [-0.39, 0.29) is 29.5 Å². The molecular weight excluding hydrogens is 312 g/mol. The van der Waals surface area contributed by atoms with Gasteiger partial charge in [0.1, 0.15) is 0 Å². The fraction of sp³-hybridized carbons (Fsp3) is 0.588. The molecule has 2 saturated heterocycles. The molecule has 126 valence electrons. The van der Waals surface area contributed by atoms with Crippen molar-refractivity contribution in [1.29, 1.82) is 0 Å². The van der Waals surface area contributed by atoms with Gasteiger partial charge in [0, 0.05) is 11.7 Å². The molecule has 2 unspecified atom stereocenters. The summed E-state index contributed by atoms with van der Waals surface area (Å²) in [5.74, 6) is 0.759. The van der Waals surface area contributed by atoms with E-state index in [1.807, 2.05) is 30.3 Å². The largest absolute Gasteiger partial charge is 0.306 e. The molecule has 0 radical (unpaired) electrons. The van der Waals surface area contributed by atoms with Gasteiger partial charge in [-0.05, 0) is 31.0 Å². The van der Waals surface area contributed by atoms with Gasteiger partial charge < -0.3 is 4.90 Å². The molecule has 2 aliphatic heterocycles. The number of carbonyl (C=O) groups excluding carboxylic acids is 1. The van der Waals surface area contributed by atoms with Gasteiger partial charge in [-0.15, -0.1) is 0 Å². The summed E-state index contributed by atoms with van der Waals surface area (Å²) in [6.07, 6.45) is 0.974. The van der Waals surface area contributed by atoms with Crippen molar-refractivity contribution >= 4 is 21.4 Å². The fourth-order valence-corrected chi connectivity index (χ4v) is 5.53. The highest BCUT2D eigenvalue weighted by Gasteiger charge is 2.49. The third kappa shape index (κ3) is 3.43. The Morgan fingerprint density at radius 1 is 1.13 bits per heavy atom. The first-order chi connectivity index (χ1) is 10.9. The number of amides is 1. The van der Waals surface area contributed by atoms with Crippen LogP contribution in [-0.2, 0) is 14.6 Å². The van der Waals surface area contributed by atoms with Crippen molar-refractivity contribution < 1.29 is 13.2 Å². The van der Waals surface area contributed by atoms with Crippen LogP contribution in [0.4, 0.5) is 5.69 Å². The number of fused-ring (bicyclic) bond motifs is 1. The number of piperazine rings is 1. The lowest BCUT2D eigenvalue weighted by atomic mass is 10.0. The summed E-state index contributed by atoms with van der Waals surface area (Å²) >= 11 is 0. The second-order valence-corrected chi connectivity index (χ2v) is 9.12. The highest BCUT2D eigenvalue weighted by molar-refractivity contribution is 7.91. The predicted octanol–water partition coefficient (Wildman–Crippen LogP) is 1.55. The normalized spacial score (nSPS) is 27.4. The van der Waals surface area contributed by atoms with Crippen molar-refractivity contribution in [2.75, 3.05) is 29.5 Å². The number of para-hydroxylation sites is 1. The van der Waals surface area contributed by atoms with Crippen molar-refractivity contribution in [3.8, 4) is 0 Å². The molecule has 0 bridgehead atoms. The highest BCUT2D eigenvalue weighted by atomic mass is 32.2. The number of benzene rings is 1. The van der Waals surface area contributed by atoms with Gasteiger partial charge in [-0.2, -0.15) is 0 Å². The molecule has 0 spiro atoms. The molecule has 5 nitrogen and oxygen atoms in total. The Hall–Kier alpha value is -1.40. The summed E-state index contributed by atoms with van der Waals surface area (Å²) in [6.45, 7) is 5.37. The van der Waals surface area contributed by atoms with Gasteiger partial charge in [0.15, 0.2) is 9.84 Å². The van der Waals surface area contributed by atoms with E-state index >= 15 is 0 Å². The van der Waals surface area contributed by atoms with Crippen LogP contribution in [0.1, 0.15) is 20.3 Å². The Bertz CT molecular complexity index is 672. The third-order valence-corrected chi connectivity index (χ3v) is 6.43. The minimum absolute atomic E-state index is 0.00157. The van der Waals surface area contributed by atoms with Crippen molar-refractivity contribution in [2.24, 2.45) is 5.92 Å². The van der Waals surface area contributed by atoms with Crippen LogP contribution < -0.4 is 4.90 Å². The molecule has 2 aliphatic rings. The predicted molar refractivity (Wildman–Crippen MR) is 91.2 cm³/mol. The van der Waals surface area contributed by atoms with Gasteiger partial charge in [0.25, 0.3) is 0 Å². The van der Waals surface area contributed by atoms with Crippen LogP contribution in [0.3, 0.4) is 0 Å². The SMILES string of the molecule is CC(C)CCN1CC(=O)N(c2ccccc2)C2CS(=O)(=O)CC21. The molecular formula is C17H24N2O3S. The molecule has 3 rings (SSSR count). The van der Waals surface area contributed by atoms with Gasteiger partial charge in [0.2, 0.25) is 5.91 Å². The van der Waals surface area contributed by atoms with Crippen LogP contribution in [0.5, 0.6) is 0 Å². The Kier molecular flexibility index (Phi) is 4.47. The van der Waals surface area contributed by atoms with Crippen LogP contribution in [0.25, 0.3) is 0 Å². The van der Waals surface area contributed by atoms with Crippen LogP contribution in [0.2, 0.25) is 0 Å². The Morgan fingerprint density at radius 2 is 1.78 bits per heavy atom. The van der Waals surface area contributed by atoms with Gasteiger partial charge in [-0.25, -0.2) is 8.42 Å². The molecule has 0 aliphatic carbocycles. The van der Waals surface area contributed by atoms with Gasteiger partial charge in [0.05, 0.1) is 24.1 Å². The van der Waals surface area contributed by atoms with E-state index in [1.54, 1.807) is 4.90 Å². The van der Waals surface area contributed by atoms with E-state index < -0.39 is 9.84 Å². The Labute approximate surface area is 138 Å². The van der Waals surface area contributed by atoms with Gasteiger partial charge in [-0.3, -0.25) is 9.69 Å². The molecule has 2 heterocycles. The topological polar surface area (TPSA) is 57.7 Å². The molecule has 0 N–H and O–H groups in total. The van der Waals surface area contributed by atoms with E-state index in [0.29, 0.717) is 12.5 Å². The van der Waals surface area contributed by atoms with Crippen LogP contribution in [0.15, 0.2) is 30.3 Å². The van der Waals surface area contributed by atoms with E-state index in [4.69, 9.17) is 0 Å². The first-order valence-corrected chi connectivity index (χ1v) is 10.0. The quantitative estimate of drug-likeness (QED) is 0.837. The summed E-state index contributed by atoms with van der Waals surface area (Å²) in [5, 5.41) is 0. The number of hydrogen-bond donors (Lipinski definition) is 0. The molecule has 6 heteroatoms. The lowest BCUT2D eigenvalue weighted by Crippen LogP contribution is -2.62. The number of rotatable bonds is 4. The van der Waals surface area contributed by atoms with E-state index in [9.17, 15) is 13.2 Å². The van der Waals surface area contributed by atoms with Gasteiger partial charge >= 0.3 is 0 Å². The second kappa shape index (κ2) is 6.24. The van der Waals surface area contributed by atoms with E-state index in [1.165, 1.54) is 0 Å². The summed E-state index contributed by atoms with van der Waals surface area (Å²) in [4.78, 5) is 16.5. The molecule has 1 amide bonds. The van der Waals surface area contributed by atoms with Crippen LogP contribution in [0, 0.1) is 5.92 Å². The highest BCUT2D eigenvalue weighted by Crippen LogP contribution is 2.31. The Balaban J connectivity index is 1.90. The number of anilines is 1. The maximum atomic E-state index is 12.7. The molecule has 2 fully saturated rings. The lowest BCUT2D eigenvalue weighted by molar-refractivity contribution is -0.123. The first-order valence-electron chi connectivity index (χ1n) is 8.19. The fourth-order valence-electron chi connectivity index (χ4n) is 3.55. The summed E-state index contributed by atoms with van der Waals surface area (Å²) in [6, 6.07) is 9.06. The zero-order chi connectivity index (χ0) is 16.6. The number of carbonyl (C=O) groups is 1. The third-order valence-electron chi connectivity index (χ3n) is 4.73. The molecule has 1 aromatic rings. The summed E-state index contributed by atoms with van der Waals surface area (Å²) < 4.78 is 24.4.